The lowest BCUT2D eigenvalue weighted by atomic mass is 9.97. The molecule has 1 aliphatic rings. The predicted molar refractivity (Wildman–Crippen MR) is 68.4 cm³/mol. The number of nitrogens with two attached hydrogens (primary N) is 1. The summed E-state index contributed by atoms with van der Waals surface area (Å²) in [5, 5.41) is 3.89. The molecule has 2 aromatic rings. The molecule has 2 N–H and O–H groups in total. The van der Waals surface area contributed by atoms with Crippen LogP contribution < -0.4 is 5.73 Å². The van der Waals surface area contributed by atoms with Gasteiger partial charge in [0.05, 0.1) is 36.9 Å². The maximum Gasteiger partial charge on any atom is 0.156 e. The average molecular weight is 262 g/mol. The zero-order chi connectivity index (χ0) is 13.2. The Kier molecular flexibility index (Phi) is 3.35. The molecule has 0 spiro atoms. The minimum absolute atomic E-state index is 0.0472. The van der Waals surface area contributed by atoms with Crippen molar-refractivity contribution in [2.24, 2.45) is 11.7 Å². The molecule has 1 fully saturated rings. The van der Waals surface area contributed by atoms with E-state index >= 15 is 0 Å². The van der Waals surface area contributed by atoms with Crippen LogP contribution >= 0.6 is 0 Å². The van der Waals surface area contributed by atoms with Crippen LogP contribution in [0.4, 0.5) is 0 Å². The zero-order valence-electron chi connectivity index (χ0n) is 11.0. The van der Waals surface area contributed by atoms with E-state index in [2.05, 4.69) is 10.1 Å². The predicted octanol–water partition coefficient (Wildman–Crippen LogP) is 1.26. The van der Waals surface area contributed by atoms with Crippen molar-refractivity contribution in [1.82, 2.24) is 14.7 Å². The van der Waals surface area contributed by atoms with Crippen LogP contribution in [0.2, 0.25) is 0 Å². The molecule has 0 amide bonds. The molecule has 0 aromatic carbocycles. The van der Waals surface area contributed by atoms with Crippen LogP contribution in [0.25, 0.3) is 0 Å². The lowest BCUT2D eigenvalue weighted by Crippen LogP contribution is -2.24. The van der Waals surface area contributed by atoms with E-state index in [4.69, 9.17) is 15.0 Å². The summed E-state index contributed by atoms with van der Waals surface area (Å²) in [7, 11) is 0. The Bertz CT molecular complexity index is 542. The van der Waals surface area contributed by atoms with Gasteiger partial charge in [-0.05, 0) is 13.3 Å². The summed E-state index contributed by atoms with van der Waals surface area (Å²) in [4.78, 5) is 4.20. The van der Waals surface area contributed by atoms with Crippen LogP contribution in [-0.2, 0) is 11.3 Å². The third kappa shape index (κ3) is 2.54. The number of ether oxygens (including phenoxy) is 1. The normalized spacial score (nSPS) is 20.8. The Hall–Kier alpha value is -1.66. The van der Waals surface area contributed by atoms with E-state index in [1.807, 2.05) is 23.8 Å². The molecule has 3 heterocycles. The number of imidazole rings is 1. The van der Waals surface area contributed by atoms with Gasteiger partial charge in [0.25, 0.3) is 0 Å². The molecule has 6 heteroatoms. The van der Waals surface area contributed by atoms with Crippen LogP contribution in [0.3, 0.4) is 0 Å². The van der Waals surface area contributed by atoms with Crippen LogP contribution in [0.1, 0.15) is 29.6 Å². The molecule has 6 nitrogen and oxygen atoms in total. The Morgan fingerprint density at radius 2 is 2.47 bits per heavy atom. The summed E-state index contributed by atoms with van der Waals surface area (Å²) in [5.41, 5.74) is 8.22. The maximum absolute atomic E-state index is 6.32. The molecule has 1 saturated heterocycles. The molecule has 19 heavy (non-hydrogen) atoms. The van der Waals surface area contributed by atoms with Crippen molar-refractivity contribution >= 4 is 0 Å². The van der Waals surface area contributed by atoms with Crippen molar-refractivity contribution < 1.29 is 9.26 Å². The van der Waals surface area contributed by atoms with E-state index < -0.39 is 0 Å². The molecule has 0 bridgehead atoms. The van der Waals surface area contributed by atoms with Crippen molar-refractivity contribution in [1.29, 1.82) is 0 Å². The monoisotopic (exact) mass is 262 g/mol. The second-order valence-corrected chi connectivity index (χ2v) is 5.03. The van der Waals surface area contributed by atoms with E-state index in [-0.39, 0.29) is 6.04 Å². The number of hydrogen-bond acceptors (Lipinski definition) is 5. The van der Waals surface area contributed by atoms with E-state index in [0.29, 0.717) is 12.5 Å². The highest BCUT2D eigenvalue weighted by atomic mass is 16.5. The van der Waals surface area contributed by atoms with Gasteiger partial charge in [-0.25, -0.2) is 4.98 Å². The van der Waals surface area contributed by atoms with Crippen LogP contribution in [-0.4, -0.2) is 27.9 Å². The minimum Gasteiger partial charge on any atom is -0.381 e. The summed E-state index contributed by atoms with van der Waals surface area (Å²) in [6.45, 7) is 4.04. The Balaban J connectivity index is 1.77. The zero-order valence-corrected chi connectivity index (χ0v) is 11.0. The Morgan fingerprint density at radius 3 is 3.16 bits per heavy atom. The van der Waals surface area contributed by atoms with Crippen molar-refractivity contribution in [2.75, 3.05) is 13.2 Å². The first-order valence-electron chi connectivity index (χ1n) is 6.49. The van der Waals surface area contributed by atoms with Gasteiger partial charge >= 0.3 is 0 Å². The van der Waals surface area contributed by atoms with Crippen molar-refractivity contribution in [3.05, 3.63) is 35.7 Å². The van der Waals surface area contributed by atoms with Crippen molar-refractivity contribution in [2.45, 2.75) is 25.9 Å². The number of hydrogen-bond donors (Lipinski definition) is 1. The van der Waals surface area contributed by atoms with Gasteiger partial charge in [0.2, 0.25) is 0 Å². The molecule has 2 atom stereocenters. The Morgan fingerprint density at radius 1 is 1.58 bits per heavy atom. The topological polar surface area (TPSA) is 79.1 Å². The summed E-state index contributed by atoms with van der Waals surface area (Å²) >= 11 is 0. The number of aromatic nitrogens is 3. The van der Waals surface area contributed by atoms with E-state index in [1.165, 1.54) is 0 Å². The van der Waals surface area contributed by atoms with E-state index in [9.17, 15) is 0 Å². The average Bonchev–Trinajstić information content (AvgIpc) is 3.10. The quantitative estimate of drug-likeness (QED) is 0.897. The highest BCUT2D eigenvalue weighted by molar-refractivity contribution is 5.11. The lowest BCUT2D eigenvalue weighted by molar-refractivity contribution is 0.180. The minimum atomic E-state index is -0.0472. The number of nitrogens with zero attached hydrogens (tertiary/aromatic N) is 3. The fourth-order valence-corrected chi connectivity index (χ4v) is 2.48. The first kappa shape index (κ1) is 12.4. The second-order valence-electron chi connectivity index (χ2n) is 5.03. The molecule has 1 aliphatic heterocycles. The molecule has 0 saturated carbocycles. The molecular weight excluding hydrogens is 244 g/mol. The summed E-state index contributed by atoms with van der Waals surface area (Å²) in [5.74, 6) is 1.18. The van der Waals surface area contributed by atoms with Gasteiger partial charge < -0.3 is 19.6 Å². The summed E-state index contributed by atoms with van der Waals surface area (Å²) in [6, 6.07) is 1.88. The number of aryl methyl sites for hydroxylation is 1. The van der Waals surface area contributed by atoms with Gasteiger partial charge in [-0.15, -0.1) is 0 Å². The van der Waals surface area contributed by atoms with E-state index in [1.54, 1.807) is 6.33 Å². The first-order valence-corrected chi connectivity index (χ1v) is 6.49. The maximum atomic E-state index is 6.32. The van der Waals surface area contributed by atoms with Crippen LogP contribution in [0.15, 0.2) is 23.1 Å². The van der Waals surface area contributed by atoms with Gasteiger partial charge in [-0.3, -0.25) is 0 Å². The van der Waals surface area contributed by atoms with Crippen molar-refractivity contribution in [3.8, 4) is 0 Å². The smallest absolute Gasteiger partial charge is 0.156 e. The standard InChI is InChI=1S/C13H18N4O2/c1-9-4-11(19-16-9)6-17-8-15-5-12(17)13(14)10-2-3-18-7-10/h4-5,8,10,13H,2-3,6-7,14H2,1H3. The SMILES string of the molecule is Cc1cc(Cn2cncc2C(N)C2CCOC2)on1. The highest BCUT2D eigenvalue weighted by Gasteiger charge is 2.26. The fraction of sp³-hybridized carbons (Fsp3) is 0.538. The molecule has 2 unspecified atom stereocenters. The molecule has 0 radical (unpaired) electrons. The third-order valence-electron chi connectivity index (χ3n) is 3.56. The number of rotatable bonds is 4. The molecule has 0 aliphatic carbocycles. The largest absolute Gasteiger partial charge is 0.381 e. The lowest BCUT2D eigenvalue weighted by Gasteiger charge is -2.18. The van der Waals surface area contributed by atoms with Crippen LogP contribution in [0, 0.1) is 12.8 Å². The van der Waals surface area contributed by atoms with Gasteiger partial charge in [0.1, 0.15) is 0 Å². The molecule has 3 rings (SSSR count). The summed E-state index contributed by atoms with van der Waals surface area (Å²) < 4.78 is 12.7. The fourth-order valence-electron chi connectivity index (χ4n) is 2.48. The molecule has 102 valence electrons. The van der Waals surface area contributed by atoms with Crippen molar-refractivity contribution in [3.63, 3.8) is 0 Å². The van der Waals surface area contributed by atoms with Gasteiger partial charge in [0.15, 0.2) is 5.76 Å². The van der Waals surface area contributed by atoms with Gasteiger partial charge in [0, 0.05) is 24.8 Å². The first-order chi connectivity index (χ1) is 9.24. The van der Waals surface area contributed by atoms with Gasteiger partial charge in [-0.2, -0.15) is 0 Å². The molecular formula is C13H18N4O2. The Labute approximate surface area is 111 Å². The van der Waals surface area contributed by atoms with Gasteiger partial charge in [-0.1, -0.05) is 5.16 Å². The van der Waals surface area contributed by atoms with E-state index in [0.717, 1.165) is 36.8 Å². The third-order valence-corrected chi connectivity index (χ3v) is 3.56. The highest BCUT2D eigenvalue weighted by Crippen LogP contribution is 2.26. The molecule has 2 aromatic heterocycles. The van der Waals surface area contributed by atoms with Crippen LogP contribution in [0.5, 0.6) is 0 Å². The second kappa shape index (κ2) is 5.14. The summed E-state index contributed by atoms with van der Waals surface area (Å²) in [6.07, 6.45) is 4.61.